The van der Waals surface area contributed by atoms with Crippen LogP contribution in [0.3, 0.4) is 0 Å². The van der Waals surface area contributed by atoms with Gasteiger partial charge in [0, 0.05) is 12.5 Å². The molecular weight excluding hydrogens is 114 g/mol. The first kappa shape index (κ1) is 5.69. The predicted molar refractivity (Wildman–Crippen MR) is 34.8 cm³/mol. The third-order valence-electron chi connectivity index (χ3n) is 2.65. The molecular formula is C7H13NO. The Morgan fingerprint density at radius 1 is 1.44 bits per heavy atom. The van der Waals surface area contributed by atoms with E-state index in [1.807, 2.05) is 0 Å². The Balaban J connectivity index is 2.17. The fraction of sp³-hybridized carbons (Fsp3) is 1.00. The molecule has 1 saturated carbocycles. The topological polar surface area (TPSA) is 35.2 Å². The molecule has 1 aliphatic heterocycles. The molecule has 1 aliphatic carbocycles. The van der Waals surface area contributed by atoms with Crippen LogP contribution >= 0.6 is 0 Å². The monoisotopic (exact) mass is 127 g/mol. The molecule has 2 aliphatic rings. The van der Waals surface area contributed by atoms with E-state index in [9.17, 15) is 0 Å². The van der Waals surface area contributed by atoms with Crippen molar-refractivity contribution in [3.05, 3.63) is 0 Å². The standard InChI is InChI=1S/C7H13NO/c8-7-4-1-2-6(7)3-5-9-7/h6H,1-5,8H2. The van der Waals surface area contributed by atoms with E-state index in [0.717, 1.165) is 13.0 Å². The molecule has 0 aromatic rings. The van der Waals surface area contributed by atoms with Gasteiger partial charge in [0.2, 0.25) is 0 Å². The van der Waals surface area contributed by atoms with Crippen molar-refractivity contribution in [1.82, 2.24) is 0 Å². The highest BCUT2D eigenvalue weighted by Crippen LogP contribution is 2.41. The molecule has 0 aromatic carbocycles. The number of hydrogen-bond donors (Lipinski definition) is 1. The SMILES string of the molecule is NC12CCCC1CCO2. The second-order valence-electron chi connectivity index (χ2n) is 3.18. The molecule has 1 saturated heterocycles. The highest BCUT2D eigenvalue weighted by atomic mass is 16.5. The first-order valence-corrected chi connectivity index (χ1v) is 3.74. The Hall–Kier alpha value is -0.0800. The van der Waals surface area contributed by atoms with Gasteiger partial charge in [-0.05, 0) is 25.7 Å². The lowest BCUT2D eigenvalue weighted by atomic mass is 10.0. The molecule has 2 nitrogen and oxygen atoms in total. The number of hydrogen-bond acceptors (Lipinski definition) is 2. The lowest BCUT2D eigenvalue weighted by molar-refractivity contribution is -0.00257. The van der Waals surface area contributed by atoms with Crippen LogP contribution in [0.4, 0.5) is 0 Å². The highest BCUT2D eigenvalue weighted by Gasteiger charge is 2.44. The van der Waals surface area contributed by atoms with Crippen molar-refractivity contribution >= 4 is 0 Å². The quantitative estimate of drug-likeness (QED) is 0.524. The molecule has 2 atom stereocenters. The van der Waals surface area contributed by atoms with E-state index >= 15 is 0 Å². The normalized spacial score (nSPS) is 49.7. The van der Waals surface area contributed by atoms with Gasteiger partial charge in [-0.15, -0.1) is 0 Å². The van der Waals surface area contributed by atoms with Crippen LogP contribution in [0, 0.1) is 5.92 Å². The van der Waals surface area contributed by atoms with Crippen molar-refractivity contribution in [2.24, 2.45) is 11.7 Å². The summed E-state index contributed by atoms with van der Waals surface area (Å²) < 4.78 is 5.44. The number of ether oxygens (including phenoxy) is 1. The molecule has 0 radical (unpaired) electrons. The van der Waals surface area contributed by atoms with E-state index in [2.05, 4.69) is 0 Å². The second kappa shape index (κ2) is 1.70. The third-order valence-corrected chi connectivity index (χ3v) is 2.65. The van der Waals surface area contributed by atoms with Gasteiger partial charge in [-0.25, -0.2) is 0 Å². The minimum absolute atomic E-state index is 0.194. The van der Waals surface area contributed by atoms with Gasteiger partial charge in [0.1, 0.15) is 5.72 Å². The average Bonchev–Trinajstić information content (AvgIpc) is 2.22. The average molecular weight is 127 g/mol. The summed E-state index contributed by atoms with van der Waals surface area (Å²) >= 11 is 0. The molecule has 1 heterocycles. The van der Waals surface area contributed by atoms with E-state index in [1.165, 1.54) is 19.3 Å². The van der Waals surface area contributed by atoms with Crippen LogP contribution < -0.4 is 5.73 Å². The number of fused-ring (bicyclic) bond motifs is 1. The largest absolute Gasteiger partial charge is 0.361 e. The summed E-state index contributed by atoms with van der Waals surface area (Å²) in [6.45, 7) is 0.890. The van der Waals surface area contributed by atoms with Crippen molar-refractivity contribution in [2.75, 3.05) is 6.61 Å². The number of nitrogens with two attached hydrogens (primary N) is 1. The van der Waals surface area contributed by atoms with E-state index < -0.39 is 0 Å². The molecule has 0 aromatic heterocycles. The van der Waals surface area contributed by atoms with E-state index in [0.29, 0.717) is 5.92 Å². The van der Waals surface area contributed by atoms with E-state index in [4.69, 9.17) is 10.5 Å². The zero-order valence-corrected chi connectivity index (χ0v) is 5.60. The molecule has 0 amide bonds. The van der Waals surface area contributed by atoms with Crippen molar-refractivity contribution in [1.29, 1.82) is 0 Å². The van der Waals surface area contributed by atoms with Gasteiger partial charge in [-0.1, -0.05) is 0 Å². The summed E-state index contributed by atoms with van der Waals surface area (Å²) in [6.07, 6.45) is 4.83. The lowest BCUT2D eigenvalue weighted by Gasteiger charge is -2.21. The van der Waals surface area contributed by atoms with Crippen LogP contribution in [0.15, 0.2) is 0 Å². The molecule has 2 heteroatoms. The third kappa shape index (κ3) is 0.700. The second-order valence-corrected chi connectivity index (χ2v) is 3.18. The van der Waals surface area contributed by atoms with Crippen molar-refractivity contribution in [2.45, 2.75) is 31.4 Å². The molecule has 2 rings (SSSR count). The molecule has 2 N–H and O–H groups in total. The lowest BCUT2D eigenvalue weighted by Crippen LogP contribution is -2.40. The zero-order chi connectivity index (χ0) is 6.32. The van der Waals surface area contributed by atoms with Gasteiger partial charge in [0.15, 0.2) is 0 Å². The molecule has 0 bridgehead atoms. The Labute approximate surface area is 55.4 Å². The van der Waals surface area contributed by atoms with Crippen LogP contribution in [0.25, 0.3) is 0 Å². The summed E-state index contributed by atoms with van der Waals surface area (Å²) in [4.78, 5) is 0. The minimum Gasteiger partial charge on any atom is -0.361 e. The maximum Gasteiger partial charge on any atom is 0.119 e. The summed E-state index contributed by atoms with van der Waals surface area (Å²) in [6, 6.07) is 0. The van der Waals surface area contributed by atoms with Gasteiger partial charge in [0.25, 0.3) is 0 Å². The fourth-order valence-corrected chi connectivity index (χ4v) is 2.04. The molecule has 2 unspecified atom stereocenters. The predicted octanol–water partition coefficient (Wildman–Crippen LogP) is 0.862. The van der Waals surface area contributed by atoms with Crippen LogP contribution in [0.2, 0.25) is 0 Å². The number of rotatable bonds is 0. The maximum atomic E-state index is 5.94. The van der Waals surface area contributed by atoms with Gasteiger partial charge >= 0.3 is 0 Å². The Bertz CT molecular complexity index is 114. The Kier molecular flexibility index (Phi) is 1.08. The molecule has 0 spiro atoms. The van der Waals surface area contributed by atoms with Crippen molar-refractivity contribution in [3.8, 4) is 0 Å². The van der Waals surface area contributed by atoms with Crippen molar-refractivity contribution in [3.63, 3.8) is 0 Å². The summed E-state index contributed by atoms with van der Waals surface area (Å²) in [5.41, 5.74) is 5.75. The smallest absolute Gasteiger partial charge is 0.119 e. The van der Waals surface area contributed by atoms with Gasteiger partial charge in [-0.3, -0.25) is 0 Å². The molecule has 52 valence electrons. The van der Waals surface area contributed by atoms with E-state index in [1.54, 1.807) is 0 Å². The highest BCUT2D eigenvalue weighted by molar-refractivity contribution is 4.92. The first-order valence-electron chi connectivity index (χ1n) is 3.74. The summed E-state index contributed by atoms with van der Waals surface area (Å²) in [5.74, 6) is 0.678. The minimum atomic E-state index is -0.194. The molecule has 2 fully saturated rings. The fourth-order valence-electron chi connectivity index (χ4n) is 2.04. The van der Waals surface area contributed by atoms with Crippen molar-refractivity contribution < 1.29 is 4.74 Å². The van der Waals surface area contributed by atoms with Crippen LogP contribution in [-0.4, -0.2) is 12.3 Å². The van der Waals surface area contributed by atoms with Crippen LogP contribution in [-0.2, 0) is 4.74 Å². The summed E-state index contributed by atoms with van der Waals surface area (Å²) in [5, 5.41) is 0. The zero-order valence-electron chi connectivity index (χ0n) is 5.60. The maximum absolute atomic E-state index is 5.94. The summed E-state index contributed by atoms with van der Waals surface area (Å²) in [7, 11) is 0. The molecule has 9 heavy (non-hydrogen) atoms. The van der Waals surface area contributed by atoms with Crippen LogP contribution in [0.5, 0.6) is 0 Å². The Morgan fingerprint density at radius 2 is 2.33 bits per heavy atom. The van der Waals surface area contributed by atoms with Gasteiger partial charge in [-0.2, -0.15) is 0 Å². The Morgan fingerprint density at radius 3 is 3.11 bits per heavy atom. The van der Waals surface area contributed by atoms with Gasteiger partial charge in [0.05, 0.1) is 0 Å². The van der Waals surface area contributed by atoms with Gasteiger partial charge < -0.3 is 10.5 Å². The first-order chi connectivity index (χ1) is 4.31. The van der Waals surface area contributed by atoms with E-state index in [-0.39, 0.29) is 5.72 Å². The van der Waals surface area contributed by atoms with Crippen LogP contribution in [0.1, 0.15) is 25.7 Å².